The van der Waals surface area contributed by atoms with Gasteiger partial charge in [-0.05, 0) is 43.7 Å². The Balaban J connectivity index is 2.04. The summed E-state index contributed by atoms with van der Waals surface area (Å²) < 4.78 is 16.5. The molecule has 6 heteroatoms. The number of rotatable bonds is 5. The zero-order chi connectivity index (χ0) is 20.1. The van der Waals surface area contributed by atoms with E-state index < -0.39 is 11.9 Å². The molecule has 0 saturated heterocycles. The molecule has 1 aliphatic rings. The highest BCUT2D eigenvalue weighted by Gasteiger charge is 2.36. The highest BCUT2D eigenvalue weighted by Crippen LogP contribution is 2.40. The lowest BCUT2D eigenvalue weighted by Crippen LogP contribution is -2.25. The molecule has 0 amide bonds. The van der Waals surface area contributed by atoms with Crippen LogP contribution in [0.25, 0.3) is 0 Å². The molecule has 0 radical (unpaired) electrons. The van der Waals surface area contributed by atoms with Gasteiger partial charge in [0.15, 0.2) is 0 Å². The first-order valence-electron chi connectivity index (χ1n) is 8.83. The minimum atomic E-state index is -0.697. The second-order valence-electron chi connectivity index (χ2n) is 6.10. The third-order valence-corrected chi connectivity index (χ3v) is 4.27. The van der Waals surface area contributed by atoms with Crippen molar-refractivity contribution < 1.29 is 19.0 Å². The Labute approximate surface area is 163 Å². The van der Waals surface area contributed by atoms with Gasteiger partial charge in [-0.1, -0.05) is 30.3 Å². The monoisotopic (exact) mass is 376 g/mol. The quantitative estimate of drug-likeness (QED) is 0.789. The molecular weight excluding hydrogens is 356 g/mol. The van der Waals surface area contributed by atoms with Crippen molar-refractivity contribution in [1.29, 1.82) is 5.26 Å². The molecule has 0 unspecified atom stereocenters. The molecule has 2 aromatic rings. The molecule has 142 valence electrons. The molecule has 6 nitrogen and oxygen atoms in total. The van der Waals surface area contributed by atoms with Gasteiger partial charge in [-0.25, -0.2) is 4.79 Å². The Morgan fingerprint density at radius 2 is 1.89 bits per heavy atom. The Hall–Kier alpha value is -3.72. The van der Waals surface area contributed by atoms with Crippen molar-refractivity contribution in [2.24, 2.45) is 5.73 Å². The Morgan fingerprint density at radius 1 is 1.18 bits per heavy atom. The lowest BCUT2D eigenvalue weighted by atomic mass is 9.83. The summed E-state index contributed by atoms with van der Waals surface area (Å²) in [5.41, 5.74) is 7.01. The number of allylic oxidation sites excluding steroid dienone is 2. The summed E-state index contributed by atoms with van der Waals surface area (Å²) in [6.07, 6.45) is 0. The third kappa shape index (κ3) is 3.84. The number of ether oxygens (including phenoxy) is 3. The number of hydrogen-bond acceptors (Lipinski definition) is 6. The molecule has 1 heterocycles. The largest absolute Gasteiger partial charge is 0.463 e. The highest BCUT2D eigenvalue weighted by atomic mass is 16.5. The van der Waals surface area contributed by atoms with Crippen molar-refractivity contribution in [1.82, 2.24) is 0 Å². The fourth-order valence-corrected chi connectivity index (χ4v) is 3.07. The van der Waals surface area contributed by atoms with Gasteiger partial charge in [-0.2, -0.15) is 5.26 Å². The minimum absolute atomic E-state index is 0.0209. The first kappa shape index (κ1) is 19.1. The van der Waals surface area contributed by atoms with E-state index in [4.69, 9.17) is 19.9 Å². The number of carbonyl (C=O) groups is 1. The molecule has 0 saturated carbocycles. The van der Waals surface area contributed by atoms with Gasteiger partial charge in [0.05, 0.1) is 18.1 Å². The van der Waals surface area contributed by atoms with Crippen LogP contribution in [0.15, 0.2) is 77.4 Å². The second kappa shape index (κ2) is 8.31. The number of carbonyl (C=O) groups excluding carboxylic acids is 1. The minimum Gasteiger partial charge on any atom is -0.463 e. The molecular formula is C22H20N2O4. The van der Waals surface area contributed by atoms with Crippen LogP contribution in [-0.4, -0.2) is 12.6 Å². The molecule has 0 fully saturated rings. The van der Waals surface area contributed by atoms with E-state index >= 15 is 0 Å². The number of nitrogens with zero attached hydrogens (tertiary/aromatic N) is 1. The summed E-state index contributed by atoms with van der Waals surface area (Å²) in [7, 11) is 0. The molecule has 1 aliphatic heterocycles. The van der Waals surface area contributed by atoms with E-state index in [-0.39, 0.29) is 23.6 Å². The molecule has 3 rings (SSSR count). The lowest BCUT2D eigenvalue weighted by molar-refractivity contribution is -0.139. The van der Waals surface area contributed by atoms with E-state index in [0.29, 0.717) is 22.8 Å². The van der Waals surface area contributed by atoms with Gasteiger partial charge >= 0.3 is 5.97 Å². The summed E-state index contributed by atoms with van der Waals surface area (Å²) in [6, 6.07) is 18.6. The fraction of sp³-hybridized carbons (Fsp3) is 0.182. The average molecular weight is 376 g/mol. The second-order valence-corrected chi connectivity index (χ2v) is 6.10. The highest BCUT2D eigenvalue weighted by molar-refractivity contribution is 5.92. The zero-order valence-corrected chi connectivity index (χ0v) is 15.6. The maximum absolute atomic E-state index is 12.6. The van der Waals surface area contributed by atoms with E-state index in [9.17, 15) is 10.1 Å². The van der Waals surface area contributed by atoms with Crippen LogP contribution in [0, 0.1) is 11.3 Å². The molecule has 0 aromatic heterocycles. The summed E-state index contributed by atoms with van der Waals surface area (Å²) in [4.78, 5) is 12.6. The predicted octanol–water partition coefficient (Wildman–Crippen LogP) is 4.12. The molecule has 0 bridgehead atoms. The molecule has 2 N–H and O–H groups in total. The average Bonchev–Trinajstić information content (AvgIpc) is 2.68. The zero-order valence-electron chi connectivity index (χ0n) is 15.6. The van der Waals surface area contributed by atoms with E-state index in [2.05, 4.69) is 6.07 Å². The number of nitrogens with two attached hydrogens (primary N) is 1. The summed E-state index contributed by atoms with van der Waals surface area (Å²) in [5.74, 6) is 0.310. The first-order valence-corrected chi connectivity index (χ1v) is 8.83. The van der Waals surface area contributed by atoms with E-state index in [0.717, 1.165) is 0 Å². The molecule has 0 aliphatic carbocycles. The third-order valence-electron chi connectivity index (χ3n) is 4.27. The fourth-order valence-electron chi connectivity index (χ4n) is 3.07. The van der Waals surface area contributed by atoms with Gasteiger partial charge in [-0.15, -0.1) is 0 Å². The lowest BCUT2D eigenvalue weighted by Gasteiger charge is -2.27. The summed E-state index contributed by atoms with van der Waals surface area (Å²) in [6.45, 7) is 3.56. The summed E-state index contributed by atoms with van der Waals surface area (Å²) in [5, 5.41) is 9.64. The Morgan fingerprint density at radius 3 is 2.57 bits per heavy atom. The van der Waals surface area contributed by atoms with Crippen LogP contribution < -0.4 is 10.5 Å². The van der Waals surface area contributed by atoms with Crippen LogP contribution in [0.5, 0.6) is 11.5 Å². The Bertz CT molecular complexity index is 987. The number of hydrogen-bond donors (Lipinski definition) is 1. The van der Waals surface area contributed by atoms with E-state index in [1.165, 1.54) is 0 Å². The van der Waals surface area contributed by atoms with Crippen molar-refractivity contribution in [3.63, 3.8) is 0 Å². The molecule has 2 aromatic carbocycles. The van der Waals surface area contributed by atoms with Gasteiger partial charge in [-0.3, -0.25) is 0 Å². The van der Waals surface area contributed by atoms with Crippen LogP contribution in [-0.2, 0) is 14.3 Å². The van der Waals surface area contributed by atoms with Crippen molar-refractivity contribution in [3.05, 3.63) is 82.9 Å². The van der Waals surface area contributed by atoms with Gasteiger partial charge in [0.25, 0.3) is 0 Å². The number of benzene rings is 2. The van der Waals surface area contributed by atoms with Gasteiger partial charge in [0.1, 0.15) is 28.9 Å². The smallest absolute Gasteiger partial charge is 0.338 e. The van der Waals surface area contributed by atoms with Crippen molar-refractivity contribution in [2.75, 3.05) is 6.61 Å². The van der Waals surface area contributed by atoms with E-state index in [1.807, 2.05) is 36.4 Å². The number of esters is 1. The van der Waals surface area contributed by atoms with Crippen LogP contribution in [0.2, 0.25) is 0 Å². The summed E-state index contributed by atoms with van der Waals surface area (Å²) >= 11 is 0. The van der Waals surface area contributed by atoms with Crippen molar-refractivity contribution >= 4 is 5.97 Å². The van der Waals surface area contributed by atoms with Crippen LogP contribution >= 0.6 is 0 Å². The SMILES string of the molecule is CCOC(=O)C1=C(C)OC(N)=C(C#N)[C@H]1c1cccc(Oc2ccccc2)c1. The predicted molar refractivity (Wildman–Crippen MR) is 103 cm³/mol. The standard InChI is InChI=1S/C22H20N2O4/c1-3-26-22(25)19-14(2)27-21(24)18(13-23)20(19)15-8-7-11-17(12-15)28-16-9-5-4-6-10-16/h4-12,20H,3,24H2,1-2H3/t20-/m1/s1. The van der Waals surface area contributed by atoms with Crippen LogP contribution in [0.4, 0.5) is 0 Å². The normalized spacial score (nSPS) is 16.2. The number of nitriles is 1. The van der Waals surface area contributed by atoms with Gasteiger partial charge in [0, 0.05) is 0 Å². The topological polar surface area (TPSA) is 94.6 Å². The molecule has 28 heavy (non-hydrogen) atoms. The molecule has 1 atom stereocenters. The van der Waals surface area contributed by atoms with Gasteiger partial charge in [0.2, 0.25) is 5.88 Å². The first-order chi connectivity index (χ1) is 13.5. The van der Waals surface area contributed by atoms with Crippen molar-refractivity contribution in [2.45, 2.75) is 19.8 Å². The maximum atomic E-state index is 12.6. The maximum Gasteiger partial charge on any atom is 0.338 e. The van der Waals surface area contributed by atoms with Crippen LogP contribution in [0.3, 0.4) is 0 Å². The number of para-hydroxylation sites is 1. The van der Waals surface area contributed by atoms with Crippen molar-refractivity contribution in [3.8, 4) is 17.6 Å². The van der Waals surface area contributed by atoms with Crippen LogP contribution in [0.1, 0.15) is 25.3 Å². The Kier molecular flexibility index (Phi) is 5.66. The molecule has 0 spiro atoms. The van der Waals surface area contributed by atoms with E-state index in [1.54, 1.807) is 32.0 Å². The van der Waals surface area contributed by atoms with Gasteiger partial charge < -0.3 is 19.9 Å².